The summed E-state index contributed by atoms with van der Waals surface area (Å²) in [4.78, 5) is 4.38. The first-order chi connectivity index (χ1) is 8.31. The van der Waals surface area contributed by atoms with E-state index in [-0.39, 0.29) is 0 Å². The topological polar surface area (TPSA) is 42.2 Å². The Bertz CT molecular complexity index is 511. The molecule has 0 amide bonds. The molecule has 90 valence electrons. The van der Waals surface area contributed by atoms with E-state index >= 15 is 0 Å². The number of nitrogens with one attached hydrogen (secondary N) is 1. The lowest BCUT2D eigenvalue weighted by molar-refractivity contribution is 0.373. The summed E-state index contributed by atoms with van der Waals surface area (Å²) in [6.07, 6.45) is 7.59. The molecule has 1 saturated heterocycles. The van der Waals surface area contributed by atoms with Crippen LogP contribution in [0.2, 0.25) is 0 Å². The zero-order valence-electron chi connectivity index (χ0n) is 10.2. The summed E-state index contributed by atoms with van der Waals surface area (Å²) in [6.45, 7) is 4.33. The second-order valence-electron chi connectivity index (χ2n) is 4.99. The number of hydrogen-bond donors (Lipinski definition) is 1. The van der Waals surface area contributed by atoms with Crippen LogP contribution < -0.4 is 5.32 Å². The average molecular weight is 230 g/mol. The number of fused-ring (bicyclic) bond motifs is 1. The number of aromatic nitrogens is 3. The molecular formula is C13H18N4. The minimum atomic E-state index is 0.731. The van der Waals surface area contributed by atoms with Gasteiger partial charge in [0, 0.05) is 18.5 Å². The van der Waals surface area contributed by atoms with E-state index < -0.39 is 0 Å². The molecule has 0 radical (unpaired) electrons. The third kappa shape index (κ3) is 2.31. The van der Waals surface area contributed by atoms with Gasteiger partial charge in [-0.2, -0.15) is 5.10 Å². The van der Waals surface area contributed by atoms with Gasteiger partial charge in [-0.1, -0.05) is 0 Å². The summed E-state index contributed by atoms with van der Waals surface area (Å²) < 4.78 is 1.89. The van der Waals surface area contributed by atoms with E-state index in [1.165, 1.54) is 19.4 Å². The molecule has 1 fully saturated rings. The maximum atomic E-state index is 4.59. The Hall–Kier alpha value is -1.42. The summed E-state index contributed by atoms with van der Waals surface area (Å²) in [5, 5.41) is 8.04. The SMILES string of the molecule is Cc1cnc2cc(CC3CCCNC3)nn2c1. The quantitative estimate of drug-likeness (QED) is 0.851. The second-order valence-corrected chi connectivity index (χ2v) is 4.99. The molecule has 17 heavy (non-hydrogen) atoms. The third-order valence-corrected chi connectivity index (χ3v) is 3.39. The van der Waals surface area contributed by atoms with Gasteiger partial charge in [0.2, 0.25) is 0 Å². The zero-order valence-corrected chi connectivity index (χ0v) is 10.2. The highest BCUT2D eigenvalue weighted by atomic mass is 15.2. The lowest BCUT2D eigenvalue weighted by Gasteiger charge is -2.21. The molecule has 1 aliphatic rings. The van der Waals surface area contributed by atoms with Gasteiger partial charge in [-0.25, -0.2) is 9.50 Å². The normalized spacial score (nSPS) is 20.9. The van der Waals surface area contributed by atoms with Crippen molar-refractivity contribution in [3.63, 3.8) is 0 Å². The van der Waals surface area contributed by atoms with Gasteiger partial charge in [0.25, 0.3) is 0 Å². The lowest BCUT2D eigenvalue weighted by Crippen LogP contribution is -2.30. The minimum Gasteiger partial charge on any atom is -0.316 e. The van der Waals surface area contributed by atoms with E-state index in [4.69, 9.17) is 0 Å². The highest BCUT2D eigenvalue weighted by molar-refractivity contribution is 5.39. The van der Waals surface area contributed by atoms with Crippen LogP contribution in [0.1, 0.15) is 24.1 Å². The first-order valence-electron chi connectivity index (χ1n) is 6.33. The van der Waals surface area contributed by atoms with Crippen LogP contribution in [0.4, 0.5) is 0 Å². The molecule has 4 nitrogen and oxygen atoms in total. The van der Waals surface area contributed by atoms with Gasteiger partial charge in [-0.15, -0.1) is 0 Å². The van der Waals surface area contributed by atoms with Gasteiger partial charge >= 0.3 is 0 Å². The van der Waals surface area contributed by atoms with E-state index in [0.29, 0.717) is 0 Å². The first-order valence-corrected chi connectivity index (χ1v) is 6.33. The molecule has 1 aliphatic heterocycles. The Balaban J connectivity index is 1.80. The fourth-order valence-electron chi connectivity index (χ4n) is 2.51. The molecule has 0 bridgehead atoms. The molecule has 0 saturated carbocycles. The summed E-state index contributed by atoms with van der Waals surface area (Å²) in [7, 11) is 0. The number of hydrogen-bond acceptors (Lipinski definition) is 3. The molecule has 1 unspecified atom stereocenters. The molecule has 3 heterocycles. The van der Waals surface area contributed by atoms with Crippen molar-refractivity contribution in [3.8, 4) is 0 Å². The average Bonchev–Trinajstić information content (AvgIpc) is 2.71. The van der Waals surface area contributed by atoms with Crippen molar-refractivity contribution in [3.05, 3.63) is 29.7 Å². The molecule has 0 aliphatic carbocycles. The van der Waals surface area contributed by atoms with Gasteiger partial charge in [-0.05, 0) is 50.8 Å². The van der Waals surface area contributed by atoms with Gasteiger partial charge in [0.1, 0.15) is 0 Å². The standard InChI is InChI=1S/C13H18N4/c1-10-7-15-13-6-12(16-17(13)9-10)5-11-3-2-4-14-8-11/h6-7,9,11,14H,2-5,8H2,1H3. The van der Waals surface area contributed by atoms with Crippen molar-refractivity contribution < 1.29 is 0 Å². The second kappa shape index (κ2) is 4.45. The smallest absolute Gasteiger partial charge is 0.155 e. The molecule has 2 aromatic rings. The molecule has 0 spiro atoms. The van der Waals surface area contributed by atoms with Gasteiger partial charge in [-0.3, -0.25) is 0 Å². The van der Waals surface area contributed by atoms with E-state index in [0.717, 1.165) is 35.8 Å². The lowest BCUT2D eigenvalue weighted by atomic mass is 9.95. The number of aryl methyl sites for hydroxylation is 1. The van der Waals surface area contributed by atoms with E-state index in [1.54, 1.807) is 0 Å². The first kappa shape index (κ1) is 10.7. The highest BCUT2D eigenvalue weighted by Gasteiger charge is 2.15. The van der Waals surface area contributed by atoms with Crippen LogP contribution >= 0.6 is 0 Å². The predicted octanol–water partition coefficient (Wildman–Crippen LogP) is 1.58. The van der Waals surface area contributed by atoms with Gasteiger partial charge in [0.15, 0.2) is 5.65 Å². The maximum absolute atomic E-state index is 4.59. The van der Waals surface area contributed by atoms with E-state index in [9.17, 15) is 0 Å². The molecule has 3 rings (SSSR count). The van der Waals surface area contributed by atoms with Crippen molar-refractivity contribution in [2.24, 2.45) is 5.92 Å². The van der Waals surface area contributed by atoms with Crippen LogP contribution in [0.25, 0.3) is 5.65 Å². The van der Waals surface area contributed by atoms with E-state index in [1.807, 2.05) is 23.8 Å². The summed E-state index contributed by atoms with van der Waals surface area (Å²) >= 11 is 0. The van der Waals surface area contributed by atoms with Crippen molar-refractivity contribution in [2.45, 2.75) is 26.2 Å². The molecule has 1 N–H and O–H groups in total. The maximum Gasteiger partial charge on any atom is 0.155 e. The predicted molar refractivity (Wildman–Crippen MR) is 67.0 cm³/mol. The molecule has 1 atom stereocenters. The summed E-state index contributed by atoms with van der Waals surface area (Å²) in [6, 6.07) is 2.11. The van der Waals surface area contributed by atoms with Crippen molar-refractivity contribution in [2.75, 3.05) is 13.1 Å². The minimum absolute atomic E-state index is 0.731. The monoisotopic (exact) mass is 230 g/mol. The zero-order chi connectivity index (χ0) is 11.7. The number of piperidine rings is 1. The Kier molecular flexibility index (Phi) is 2.81. The molecular weight excluding hydrogens is 212 g/mol. The highest BCUT2D eigenvalue weighted by Crippen LogP contribution is 2.16. The summed E-state index contributed by atoms with van der Waals surface area (Å²) in [5.74, 6) is 0.731. The molecule has 4 heteroatoms. The fraction of sp³-hybridized carbons (Fsp3) is 0.538. The Labute approximate surface area is 101 Å². The third-order valence-electron chi connectivity index (χ3n) is 3.39. The van der Waals surface area contributed by atoms with Crippen LogP contribution in [-0.2, 0) is 6.42 Å². The summed E-state index contributed by atoms with van der Waals surface area (Å²) in [5.41, 5.74) is 3.26. The molecule has 2 aromatic heterocycles. The van der Waals surface area contributed by atoms with Crippen molar-refractivity contribution >= 4 is 5.65 Å². The van der Waals surface area contributed by atoms with Crippen LogP contribution in [-0.4, -0.2) is 27.7 Å². The Morgan fingerprint density at radius 3 is 3.29 bits per heavy atom. The van der Waals surface area contributed by atoms with Gasteiger partial charge in [0.05, 0.1) is 5.69 Å². The Morgan fingerprint density at radius 2 is 2.47 bits per heavy atom. The number of rotatable bonds is 2. The Morgan fingerprint density at radius 1 is 1.53 bits per heavy atom. The van der Waals surface area contributed by atoms with Crippen molar-refractivity contribution in [1.82, 2.24) is 19.9 Å². The van der Waals surface area contributed by atoms with Gasteiger partial charge < -0.3 is 5.32 Å². The van der Waals surface area contributed by atoms with Crippen molar-refractivity contribution in [1.29, 1.82) is 0 Å². The van der Waals surface area contributed by atoms with Crippen LogP contribution in [0.5, 0.6) is 0 Å². The van der Waals surface area contributed by atoms with Crippen LogP contribution in [0, 0.1) is 12.8 Å². The number of nitrogens with zero attached hydrogens (tertiary/aromatic N) is 3. The largest absolute Gasteiger partial charge is 0.316 e. The van der Waals surface area contributed by atoms with Crippen LogP contribution in [0.15, 0.2) is 18.5 Å². The van der Waals surface area contributed by atoms with E-state index in [2.05, 4.69) is 21.5 Å². The van der Waals surface area contributed by atoms with Crippen LogP contribution in [0.3, 0.4) is 0 Å². The molecule has 0 aromatic carbocycles. The fourth-order valence-corrected chi connectivity index (χ4v) is 2.51.